The Morgan fingerprint density at radius 1 is 1.47 bits per heavy atom. The molecule has 15 heavy (non-hydrogen) atoms. The molecule has 0 unspecified atom stereocenters. The van der Waals surface area contributed by atoms with Crippen molar-refractivity contribution in [2.75, 3.05) is 0 Å². The van der Waals surface area contributed by atoms with Gasteiger partial charge in [0, 0.05) is 10.6 Å². The van der Waals surface area contributed by atoms with Gasteiger partial charge < -0.3 is 11.5 Å². The van der Waals surface area contributed by atoms with Crippen LogP contribution in [0.1, 0.15) is 18.1 Å². The third-order valence-corrected chi connectivity index (χ3v) is 2.21. The predicted octanol–water partition coefficient (Wildman–Crippen LogP) is 1.51. The highest BCUT2D eigenvalue weighted by Crippen LogP contribution is 2.18. The van der Waals surface area contributed by atoms with Crippen LogP contribution in [-0.2, 0) is 6.42 Å². The standard InChI is InChI=1S/C10H13ClN4/c1-2-7-4-3-5-9(11)8(7)6-14-15-10(12)13/h3-6H,2H2,1H3,(H4,12,13,15). The quantitative estimate of drug-likeness (QED) is 0.464. The fourth-order valence-corrected chi connectivity index (χ4v) is 1.43. The number of guanidine groups is 1. The Kier molecular flexibility index (Phi) is 4.12. The molecule has 0 spiro atoms. The topological polar surface area (TPSA) is 76.8 Å². The van der Waals surface area contributed by atoms with Crippen LogP contribution in [-0.4, -0.2) is 12.2 Å². The van der Waals surface area contributed by atoms with Crippen LogP contribution in [0.4, 0.5) is 0 Å². The van der Waals surface area contributed by atoms with Crippen LogP contribution < -0.4 is 11.5 Å². The van der Waals surface area contributed by atoms with Crippen molar-refractivity contribution in [1.82, 2.24) is 0 Å². The number of hydrogen-bond donors (Lipinski definition) is 2. The zero-order chi connectivity index (χ0) is 11.3. The molecule has 4 N–H and O–H groups in total. The van der Waals surface area contributed by atoms with E-state index in [9.17, 15) is 0 Å². The molecule has 0 bridgehead atoms. The van der Waals surface area contributed by atoms with Crippen molar-refractivity contribution < 1.29 is 0 Å². The molecule has 1 aromatic rings. The van der Waals surface area contributed by atoms with Crippen LogP contribution >= 0.6 is 11.6 Å². The van der Waals surface area contributed by atoms with Gasteiger partial charge in [0.1, 0.15) is 0 Å². The van der Waals surface area contributed by atoms with Crippen LogP contribution in [0.25, 0.3) is 0 Å². The molecule has 0 fully saturated rings. The van der Waals surface area contributed by atoms with Gasteiger partial charge in [0.2, 0.25) is 5.96 Å². The van der Waals surface area contributed by atoms with E-state index in [1.54, 1.807) is 12.3 Å². The Bertz CT molecular complexity index is 394. The van der Waals surface area contributed by atoms with Gasteiger partial charge in [0.05, 0.1) is 6.21 Å². The van der Waals surface area contributed by atoms with Gasteiger partial charge in [-0.15, -0.1) is 5.10 Å². The van der Waals surface area contributed by atoms with Gasteiger partial charge in [-0.25, -0.2) is 0 Å². The van der Waals surface area contributed by atoms with Crippen LogP contribution in [0.2, 0.25) is 5.02 Å². The molecule has 0 amide bonds. The van der Waals surface area contributed by atoms with E-state index in [0.717, 1.165) is 17.5 Å². The molecule has 5 heteroatoms. The monoisotopic (exact) mass is 224 g/mol. The van der Waals surface area contributed by atoms with Crippen LogP contribution in [0.5, 0.6) is 0 Å². The van der Waals surface area contributed by atoms with Crippen LogP contribution in [0.15, 0.2) is 28.4 Å². The van der Waals surface area contributed by atoms with Gasteiger partial charge >= 0.3 is 0 Å². The summed E-state index contributed by atoms with van der Waals surface area (Å²) in [5, 5.41) is 7.90. The van der Waals surface area contributed by atoms with E-state index in [2.05, 4.69) is 10.2 Å². The minimum atomic E-state index is -0.0728. The lowest BCUT2D eigenvalue weighted by atomic mass is 10.1. The van der Waals surface area contributed by atoms with Crippen LogP contribution in [0, 0.1) is 0 Å². The minimum Gasteiger partial charge on any atom is -0.369 e. The summed E-state index contributed by atoms with van der Waals surface area (Å²) in [6, 6.07) is 5.69. The minimum absolute atomic E-state index is 0.0728. The third-order valence-electron chi connectivity index (χ3n) is 1.88. The Hall–Kier alpha value is -1.55. The molecule has 0 heterocycles. The Labute approximate surface area is 93.6 Å². The average Bonchev–Trinajstić information content (AvgIpc) is 2.20. The second kappa shape index (κ2) is 5.36. The Morgan fingerprint density at radius 2 is 2.20 bits per heavy atom. The molecule has 1 rings (SSSR count). The smallest absolute Gasteiger partial charge is 0.211 e. The van der Waals surface area contributed by atoms with Gasteiger partial charge in [-0.3, -0.25) is 0 Å². The van der Waals surface area contributed by atoms with Gasteiger partial charge in [0.15, 0.2) is 0 Å². The van der Waals surface area contributed by atoms with Gasteiger partial charge in [-0.1, -0.05) is 30.7 Å². The van der Waals surface area contributed by atoms with Crippen molar-refractivity contribution in [3.05, 3.63) is 34.3 Å². The molecule has 0 radical (unpaired) electrons. The number of halogens is 1. The summed E-state index contributed by atoms with van der Waals surface area (Å²) in [5.74, 6) is -0.0728. The summed E-state index contributed by atoms with van der Waals surface area (Å²) in [7, 11) is 0. The number of nitrogens with zero attached hydrogens (tertiary/aromatic N) is 2. The lowest BCUT2D eigenvalue weighted by Gasteiger charge is -2.03. The number of hydrogen-bond acceptors (Lipinski definition) is 2. The first kappa shape index (κ1) is 11.5. The van der Waals surface area contributed by atoms with Crippen molar-refractivity contribution >= 4 is 23.8 Å². The summed E-state index contributed by atoms with van der Waals surface area (Å²) in [5.41, 5.74) is 12.3. The van der Waals surface area contributed by atoms with Crippen molar-refractivity contribution in [2.45, 2.75) is 13.3 Å². The summed E-state index contributed by atoms with van der Waals surface area (Å²) in [6.07, 6.45) is 2.44. The first-order valence-corrected chi connectivity index (χ1v) is 4.92. The van der Waals surface area contributed by atoms with E-state index in [1.807, 2.05) is 19.1 Å². The molecule has 0 aliphatic heterocycles. The maximum atomic E-state index is 6.02. The molecule has 0 aromatic heterocycles. The summed E-state index contributed by atoms with van der Waals surface area (Å²) >= 11 is 6.02. The number of aryl methyl sites for hydroxylation is 1. The van der Waals surface area contributed by atoms with Gasteiger partial charge in [-0.2, -0.15) is 5.10 Å². The highest BCUT2D eigenvalue weighted by atomic mass is 35.5. The first-order chi connectivity index (χ1) is 7.15. The van der Waals surface area contributed by atoms with Gasteiger partial charge in [-0.05, 0) is 18.1 Å². The van der Waals surface area contributed by atoms with Crippen molar-refractivity contribution in [1.29, 1.82) is 0 Å². The second-order valence-corrected chi connectivity index (χ2v) is 3.34. The highest BCUT2D eigenvalue weighted by Gasteiger charge is 2.02. The SMILES string of the molecule is CCc1cccc(Cl)c1C=NN=C(N)N. The normalized spacial score (nSPS) is 10.5. The lowest BCUT2D eigenvalue weighted by Crippen LogP contribution is -2.21. The molecule has 0 saturated heterocycles. The molecule has 1 aromatic carbocycles. The molecular weight excluding hydrogens is 212 g/mol. The van der Waals surface area contributed by atoms with Crippen molar-refractivity contribution in [2.24, 2.45) is 21.7 Å². The predicted molar refractivity (Wildman–Crippen MR) is 64.2 cm³/mol. The number of rotatable bonds is 3. The zero-order valence-electron chi connectivity index (χ0n) is 8.44. The number of benzene rings is 1. The molecule has 0 aliphatic rings. The maximum absolute atomic E-state index is 6.02. The number of nitrogens with two attached hydrogens (primary N) is 2. The molecule has 80 valence electrons. The fraction of sp³-hybridized carbons (Fsp3) is 0.200. The molecule has 0 saturated carbocycles. The van der Waals surface area contributed by atoms with E-state index in [1.165, 1.54) is 0 Å². The third kappa shape index (κ3) is 3.25. The average molecular weight is 225 g/mol. The van der Waals surface area contributed by atoms with E-state index < -0.39 is 0 Å². The molecule has 0 aliphatic carbocycles. The molecule has 0 atom stereocenters. The Morgan fingerprint density at radius 3 is 2.80 bits per heavy atom. The summed E-state index contributed by atoms with van der Waals surface area (Å²) in [4.78, 5) is 0. The Balaban J connectivity index is 3.02. The van der Waals surface area contributed by atoms with Crippen LogP contribution in [0.3, 0.4) is 0 Å². The molecule has 4 nitrogen and oxygen atoms in total. The van der Waals surface area contributed by atoms with Crippen molar-refractivity contribution in [3.63, 3.8) is 0 Å². The zero-order valence-corrected chi connectivity index (χ0v) is 9.20. The molecular formula is C10H13ClN4. The first-order valence-electron chi connectivity index (χ1n) is 4.54. The van der Waals surface area contributed by atoms with E-state index in [4.69, 9.17) is 23.1 Å². The van der Waals surface area contributed by atoms with Gasteiger partial charge in [0.25, 0.3) is 0 Å². The highest BCUT2D eigenvalue weighted by molar-refractivity contribution is 6.33. The fourth-order valence-electron chi connectivity index (χ4n) is 1.19. The summed E-state index contributed by atoms with van der Waals surface area (Å²) in [6.45, 7) is 2.05. The maximum Gasteiger partial charge on any atom is 0.211 e. The van der Waals surface area contributed by atoms with E-state index in [-0.39, 0.29) is 5.96 Å². The van der Waals surface area contributed by atoms with E-state index >= 15 is 0 Å². The van der Waals surface area contributed by atoms with E-state index in [0.29, 0.717) is 5.02 Å². The summed E-state index contributed by atoms with van der Waals surface area (Å²) < 4.78 is 0. The second-order valence-electron chi connectivity index (χ2n) is 2.94. The van der Waals surface area contributed by atoms with Crippen molar-refractivity contribution in [3.8, 4) is 0 Å². The largest absolute Gasteiger partial charge is 0.369 e. The lowest BCUT2D eigenvalue weighted by molar-refractivity contribution is 1.13.